The van der Waals surface area contributed by atoms with Gasteiger partial charge in [-0.15, -0.1) is 11.3 Å². The largest absolute Gasteiger partial charge is 0.313 e. The first-order valence-corrected chi connectivity index (χ1v) is 8.89. The standard InChI is InChI=1S/C16H23NS2/c1-3-8-17-14(10-13-7-9-18-12-13)11-16-6-5-15(4-2)19-16/h5-7,9,12,14,17H,3-4,8,10-11H2,1-2H3. The van der Waals surface area contributed by atoms with Gasteiger partial charge in [-0.3, -0.25) is 0 Å². The van der Waals surface area contributed by atoms with Gasteiger partial charge in [0, 0.05) is 15.8 Å². The highest BCUT2D eigenvalue weighted by Gasteiger charge is 2.11. The Morgan fingerprint density at radius 3 is 2.58 bits per heavy atom. The molecule has 0 aliphatic rings. The normalized spacial score (nSPS) is 12.7. The van der Waals surface area contributed by atoms with Gasteiger partial charge in [0.1, 0.15) is 0 Å². The maximum atomic E-state index is 3.69. The van der Waals surface area contributed by atoms with Crippen LogP contribution in [-0.2, 0) is 19.3 Å². The third-order valence-electron chi connectivity index (χ3n) is 3.26. The molecule has 3 heteroatoms. The molecule has 1 unspecified atom stereocenters. The quantitative estimate of drug-likeness (QED) is 0.754. The van der Waals surface area contributed by atoms with Crippen LogP contribution in [0.4, 0.5) is 0 Å². The van der Waals surface area contributed by atoms with E-state index in [9.17, 15) is 0 Å². The van der Waals surface area contributed by atoms with Crippen molar-refractivity contribution in [2.45, 2.75) is 45.6 Å². The van der Waals surface area contributed by atoms with E-state index in [0.717, 1.165) is 25.8 Å². The van der Waals surface area contributed by atoms with Crippen molar-refractivity contribution in [2.24, 2.45) is 0 Å². The molecule has 1 N–H and O–H groups in total. The third kappa shape index (κ3) is 4.75. The van der Waals surface area contributed by atoms with Crippen molar-refractivity contribution in [3.8, 4) is 0 Å². The predicted octanol–water partition coefficient (Wildman–Crippen LogP) is 4.53. The molecule has 0 radical (unpaired) electrons. The molecule has 0 bridgehead atoms. The number of rotatable bonds is 8. The van der Waals surface area contributed by atoms with Crippen LogP contribution in [0.25, 0.3) is 0 Å². The molecular formula is C16H23NS2. The highest BCUT2D eigenvalue weighted by atomic mass is 32.1. The lowest BCUT2D eigenvalue weighted by Crippen LogP contribution is -2.33. The molecule has 1 nitrogen and oxygen atoms in total. The van der Waals surface area contributed by atoms with Gasteiger partial charge in [0.25, 0.3) is 0 Å². The Kier molecular flexibility index (Phi) is 6.08. The van der Waals surface area contributed by atoms with E-state index >= 15 is 0 Å². The molecule has 2 aromatic heterocycles. The highest BCUT2D eigenvalue weighted by Crippen LogP contribution is 2.20. The molecule has 1 atom stereocenters. The topological polar surface area (TPSA) is 12.0 Å². The second-order valence-electron chi connectivity index (χ2n) is 4.91. The van der Waals surface area contributed by atoms with Crippen molar-refractivity contribution < 1.29 is 0 Å². The van der Waals surface area contributed by atoms with Crippen LogP contribution in [0, 0.1) is 0 Å². The number of nitrogens with one attached hydrogen (secondary N) is 1. The molecule has 0 aromatic carbocycles. The van der Waals surface area contributed by atoms with E-state index in [4.69, 9.17) is 0 Å². The van der Waals surface area contributed by atoms with Crippen LogP contribution < -0.4 is 5.32 Å². The van der Waals surface area contributed by atoms with Gasteiger partial charge < -0.3 is 5.32 Å². The van der Waals surface area contributed by atoms with Gasteiger partial charge in [-0.05, 0) is 66.8 Å². The summed E-state index contributed by atoms with van der Waals surface area (Å²) < 4.78 is 0. The Morgan fingerprint density at radius 1 is 1.11 bits per heavy atom. The highest BCUT2D eigenvalue weighted by molar-refractivity contribution is 7.12. The molecule has 0 aliphatic heterocycles. The van der Waals surface area contributed by atoms with Gasteiger partial charge in [0.15, 0.2) is 0 Å². The van der Waals surface area contributed by atoms with Crippen molar-refractivity contribution in [2.75, 3.05) is 6.54 Å². The number of thiophene rings is 2. The SMILES string of the molecule is CCCNC(Cc1ccsc1)Cc1ccc(CC)s1. The van der Waals surface area contributed by atoms with Gasteiger partial charge in [-0.2, -0.15) is 11.3 Å². The van der Waals surface area contributed by atoms with E-state index in [-0.39, 0.29) is 0 Å². The molecule has 0 aliphatic carbocycles. The van der Waals surface area contributed by atoms with E-state index in [2.05, 4.69) is 48.1 Å². The van der Waals surface area contributed by atoms with Crippen LogP contribution in [0.5, 0.6) is 0 Å². The van der Waals surface area contributed by atoms with Gasteiger partial charge >= 0.3 is 0 Å². The monoisotopic (exact) mass is 293 g/mol. The average molecular weight is 294 g/mol. The van der Waals surface area contributed by atoms with Crippen LogP contribution in [0.3, 0.4) is 0 Å². The van der Waals surface area contributed by atoms with Crippen LogP contribution >= 0.6 is 22.7 Å². The van der Waals surface area contributed by atoms with Gasteiger partial charge in [-0.25, -0.2) is 0 Å². The second kappa shape index (κ2) is 7.83. The minimum atomic E-state index is 0.568. The first-order valence-electron chi connectivity index (χ1n) is 7.13. The summed E-state index contributed by atoms with van der Waals surface area (Å²) >= 11 is 3.76. The molecule has 0 spiro atoms. The van der Waals surface area contributed by atoms with Crippen LogP contribution in [-0.4, -0.2) is 12.6 Å². The lowest BCUT2D eigenvalue weighted by atomic mass is 10.0. The van der Waals surface area contributed by atoms with Crippen molar-refractivity contribution in [3.05, 3.63) is 44.3 Å². The Bertz CT molecular complexity index is 459. The maximum absolute atomic E-state index is 3.69. The molecule has 104 valence electrons. The first-order chi connectivity index (χ1) is 9.31. The van der Waals surface area contributed by atoms with Crippen molar-refractivity contribution in [1.82, 2.24) is 5.32 Å². The van der Waals surface area contributed by atoms with E-state index in [1.54, 1.807) is 11.3 Å². The fourth-order valence-corrected chi connectivity index (χ4v) is 3.94. The number of hydrogen-bond donors (Lipinski definition) is 1. The first kappa shape index (κ1) is 14.8. The predicted molar refractivity (Wildman–Crippen MR) is 87.5 cm³/mol. The molecular weight excluding hydrogens is 270 g/mol. The van der Waals surface area contributed by atoms with Crippen molar-refractivity contribution in [3.63, 3.8) is 0 Å². The Balaban J connectivity index is 1.96. The summed E-state index contributed by atoms with van der Waals surface area (Å²) in [7, 11) is 0. The lowest BCUT2D eigenvalue weighted by Gasteiger charge is -2.17. The molecule has 0 amide bonds. The summed E-state index contributed by atoms with van der Waals surface area (Å²) in [4.78, 5) is 3.01. The van der Waals surface area contributed by atoms with E-state index in [1.807, 2.05) is 11.3 Å². The molecule has 0 saturated carbocycles. The van der Waals surface area contributed by atoms with E-state index in [1.165, 1.54) is 21.7 Å². The second-order valence-corrected chi connectivity index (χ2v) is 6.95. The van der Waals surface area contributed by atoms with Crippen LogP contribution in [0.1, 0.15) is 35.6 Å². The summed E-state index contributed by atoms with van der Waals surface area (Å²) in [6.45, 7) is 5.57. The minimum absolute atomic E-state index is 0.568. The van der Waals surface area contributed by atoms with Crippen LogP contribution in [0.15, 0.2) is 29.0 Å². The summed E-state index contributed by atoms with van der Waals surface area (Å²) in [5.41, 5.74) is 1.46. The summed E-state index contributed by atoms with van der Waals surface area (Å²) in [5.74, 6) is 0. The summed E-state index contributed by atoms with van der Waals surface area (Å²) in [6, 6.07) is 7.40. The lowest BCUT2D eigenvalue weighted by molar-refractivity contribution is 0.508. The Morgan fingerprint density at radius 2 is 1.95 bits per heavy atom. The minimum Gasteiger partial charge on any atom is -0.313 e. The average Bonchev–Trinajstić information content (AvgIpc) is 3.07. The molecule has 0 fully saturated rings. The van der Waals surface area contributed by atoms with Gasteiger partial charge in [0.2, 0.25) is 0 Å². The van der Waals surface area contributed by atoms with Crippen LogP contribution in [0.2, 0.25) is 0 Å². The summed E-state index contributed by atoms with van der Waals surface area (Å²) in [5, 5.41) is 8.14. The zero-order chi connectivity index (χ0) is 13.5. The molecule has 2 heterocycles. The fraction of sp³-hybridized carbons (Fsp3) is 0.500. The zero-order valence-corrected chi connectivity index (χ0v) is 13.4. The fourth-order valence-electron chi connectivity index (χ4n) is 2.22. The van der Waals surface area contributed by atoms with Crippen molar-refractivity contribution >= 4 is 22.7 Å². The summed E-state index contributed by atoms with van der Waals surface area (Å²) in [6.07, 6.45) is 4.65. The number of aryl methyl sites for hydroxylation is 1. The van der Waals surface area contributed by atoms with E-state index < -0.39 is 0 Å². The van der Waals surface area contributed by atoms with Crippen molar-refractivity contribution in [1.29, 1.82) is 0 Å². The molecule has 19 heavy (non-hydrogen) atoms. The third-order valence-corrected chi connectivity index (χ3v) is 5.24. The molecule has 0 saturated heterocycles. The van der Waals surface area contributed by atoms with E-state index in [0.29, 0.717) is 6.04 Å². The Labute approximate surface area is 124 Å². The maximum Gasteiger partial charge on any atom is 0.0156 e. The molecule has 2 aromatic rings. The van der Waals surface area contributed by atoms with Gasteiger partial charge in [-0.1, -0.05) is 13.8 Å². The number of hydrogen-bond acceptors (Lipinski definition) is 3. The smallest absolute Gasteiger partial charge is 0.0156 e. The Hall–Kier alpha value is -0.640. The van der Waals surface area contributed by atoms with Gasteiger partial charge in [0.05, 0.1) is 0 Å². The molecule has 2 rings (SSSR count). The zero-order valence-electron chi connectivity index (χ0n) is 11.8.